The SMILES string of the molecule is O=S(=O)([O-])[O-].[Al+3].[O-]B(O)O. The van der Waals surface area contributed by atoms with E-state index in [-0.39, 0.29) is 17.4 Å². The Morgan fingerprint density at radius 1 is 1.20 bits per heavy atom. The molecule has 10 heteroatoms. The Morgan fingerprint density at radius 2 is 1.20 bits per heavy atom. The molecule has 0 aromatic heterocycles. The van der Waals surface area contributed by atoms with Crippen LogP contribution in [0.3, 0.4) is 0 Å². The first-order valence-electron chi connectivity index (χ1n) is 1.42. The van der Waals surface area contributed by atoms with E-state index >= 15 is 0 Å². The molecule has 0 atom stereocenters. The van der Waals surface area contributed by atoms with Gasteiger partial charge in [0.25, 0.3) is 0 Å². The third-order valence-electron chi connectivity index (χ3n) is 0. The minimum atomic E-state index is -5.17. The largest absolute Gasteiger partial charge is 3.00 e. The molecule has 0 aliphatic rings. The van der Waals surface area contributed by atoms with E-state index in [9.17, 15) is 0 Å². The van der Waals surface area contributed by atoms with Gasteiger partial charge in [0, 0.05) is 10.4 Å². The summed E-state index contributed by atoms with van der Waals surface area (Å²) in [4.78, 5) is 0. The van der Waals surface area contributed by atoms with Crippen LogP contribution in [-0.2, 0) is 10.4 Å². The van der Waals surface area contributed by atoms with Crippen LogP contribution in [0.4, 0.5) is 0 Å². The van der Waals surface area contributed by atoms with Crippen molar-refractivity contribution in [3.8, 4) is 0 Å². The van der Waals surface area contributed by atoms with Crippen LogP contribution in [0.1, 0.15) is 0 Å². The summed E-state index contributed by atoms with van der Waals surface area (Å²) in [6, 6.07) is 0. The second kappa shape index (κ2) is 7.45. The summed E-state index contributed by atoms with van der Waals surface area (Å²) in [5.41, 5.74) is 0. The van der Waals surface area contributed by atoms with Crippen molar-refractivity contribution < 1.29 is 32.6 Å². The van der Waals surface area contributed by atoms with Crippen molar-refractivity contribution >= 4 is 35.1 Å². The first kappa shape index (κ1) is 16.7. The van der Waals surface area contributed by atoms with Crippen LogP contribution in [0.15, 0.2) is 0 Å². The minimum Gasteiger partial charge on any atom is -0.832 e. The van der Waals surface area contributed by atoms with Gasteiger partial charge in [-0.25, -0.2) is 0 Å². The average Bonchev–Trinajstić information content (AvgIpc) is 1.19. The van der Waals surface area contributed by atoms with Crippen LogP contribution >= 0.6 is 0 Å². The topological polar surface area (TPSA) is 144 Å². The Morgan fingerprint density at radius 3 is 1.20 bits per heavy atom. The molecule has 0 aliphatic carbocycles. The van der Waals surface area contributed by atoms with Gasteiger partial charge in [-0.15, -0.1) is 0 Å². The maximum absolute atomic E-state index is 8.64. The average molecular weight is 184 g/mol. The van der Waals surface area contributed by atoms with Gasteiger partial charge in [0.1, 0.15) is 0 Å². The molecule has 0 radical (unpaired) electrons. The maximum Gasteiger partial charge on any atom is 3.00 e. The van der Waals surface area contributed by atoms with Crippen molar-refractivity contribution in [1.29, 1.82) is 0 Å². The molecule has 0 saturated heterocycles. The zero-order valence-corrected chi connectivity index (χ0v) is 6.47. The molecule has 0 amide bonds. The first-order valence-corrected chi connectivity index (χ1v) is 2.75. The quantitative estimate of drug-likeness (QED) is 0.219. The summed E-state index contributed by atoms with van der Waals surface area (Å²) in [5.74, 6) is 0. The van der Waals surface area contributed by atoms with Crippen LogP contribution in [-0.4, -0.2) is 52.3 Å². The molecule has 2 N–H and O–H groups in total. The van der Waals surface area contributed by atoms with Gasteiger partial charge in [-0.3, -0.25) is 8.42 Å². The number of hydrogen-bond donors (Lipinski definition) is 2. The van der Waals surface area contributed by atoms with E-state index in [1.165, 1.54) is 0 Å². The summed E-state index contributed by atoms with van der Waals surface area (Å²) in [6.07, 6.45) is 0. The zero-order chi connectivity index (χ0) is 8.08. The van der Waals surface area contributed by atoms with Gasteiger partial charge in [0.15, 0.2) is 0 Å². The molecule has 0 saturated carbocycles. The summed E-state index contributed by atoms with van der Waals surface area (Å²) in [5, 5.41) is 22.8. The van der Waals surface area contributed by atoms with Gasteiger partial charge in [0.2, 0.25) is 0 Å². The van der Waals surface area contributed by atoms with Gasteiger partial charge < -0.3 is 24.2 Å². The number of rotatable bonds is 0. The van der Waals surface area contributed by atoms with Gasteiger partial charge in [-0.05, 0) is 0 Å². The fraction of sp³-hybridized carbons (Fsp3) is 0. The third-order valence-corrected chi connectivity index (χ3v) is 0. The number of hydrogen-bond acceptors (Lipinski definition) is 7. The monoisotopic (exact) mass is 184 g/mol. The second-order valence-electron chi connectivity index (χ2n) is 0.735. The molecule has 0 heterocycles. The Bertz CT molecular complexity index is 125. The van der Waals surface area contributed by atoms with E-state index < -0.39 is 17.7 Å². The van der Waals surface area contributed by atoms with E-state index in [1.54, 1.807) is 0 Å². The summed E-state index contributed by atoms with van der Waals surface area (Å²) in [7, 11) is -7.58. The Kier molecular flexibility index (Phi) is 12.5. The van der Waals surface area contributed by atoms with Gasteiger partial charge >= 0.3 is 24.7 Å². The molecule has 0 spiro atoms. The second-order valence-corrected chi connectivity index (χ2v) is 1.55. The standard InChI is InChI=1S/Al.BH2O3.H2O4S/c;2-1(3)4;1-5(2,3)4/h;2-3H;(H2,1,2,3,4)/q+3;-1;/p-2. The molecule has 0 bridgehead atoms. The Balaban J connectivity index is -0.0000000910. The van der Waals surface area contributed by atoms with Crippen molar-refractivity contribution in [3.05, 3.63) is 0 Å². The maximum atomic E-state index is 8.64. The van der Waals surface area contributed by atoms with Gasteiger partial charge in [0.05, 0.1) is 0 Å². The molecule has 0 aromatic rings. The molecule has 10 heavy (non-hydrogen) atoms. The predicted octanol–water partition coefficient (Wildman–Crippen LogP) is -4.40. The molecule has 0 aliphatic heterocycles. The van der Waals surface area contributed by atoms with E-state index in [0.29, 0.717) is 0 Å². The van der Waals surface area contributed by atoms with E-state index in [1.807, 2.05) is 0 Å². The van der Waals surface area contributed by atoms with Crippen LogP contribution < -0.4 is 5.02 Å². The fourth-order valence-electron chi connectivity index (χ4n) is 0. The Hall–Kier alpha value is 0.347. The van der Waals surface area contributed by atoms with Gasteiger partial charge in [-0.1, -0.05) is 0 Å². The van der Waals surface area contributed by atoms with Crippen LogP contribution in [0.2, 0.25) is 0 Å². The van der Waals surface area contributed by atoms with Crippen molar-refractivity contribution in [2.24, 2.45) is 0 Å². The van der Waals surface area contributed by atoms with E-state index in [4.69, 9.17) is 32.6 Å². The normalized spacial score (nSPS) is 8.50. The summed E-state index contributed by atoms with van der Waals surface area (Å²) in [6.45, 7) is 0. The van der Waals surface area contributed by atoms with Crippen LogP contribution in [0, 0.1) is 0 Å². The van der Waals surface area contributed by atoms with Gasteiger partial charge in [-0.2, -0.15) is 0 Å². The first-order chi connectivity index (χ1) is 3.73. The zero-order valence-electron chi connectivity index (χ0n) is 4.50. The predicted molar refractivity (Wildman–Crippen MR) is 26.4 cm³/mol. The molecule has 0 aromatic carbocycles. The molecule has 0 fully saturated rings. The van der Waals surface area contributed by atoms with Crippen molar-refractivity contribution in [2.75, 3.05) is 0 Å². The van der Waals surface area contributed by atoms with E-state index in [0.717, 1.165) is 0 Å². The molecule has 0 unspecified atom stereocenters. The minimum absolute atomic E-state index is 0. The fourth-order valence-corrected chi connectivity index (χ4v) is 0. The molecular weight excluding hydrogens is 182 g/mol. The summed E-state index contributed by atoms with van der Waals surface area (Å²) < 4.78 is 34.1. The summed E-state index contributed by atoms with van der Waals surface area (Å²) >= 11 is 0. The molecule has 7 nitrogen and oxygen atoms in total. The Labute approximate surface area is 68.2 Å². The molecular formula is H2AlBO7S. The van der Waals surface area contributed by atoms with E-state index in [2.05, 4.69) is 0 Å². The van der Waals surface area contributed by atoms with Crippen molar-refractivity contribution in [1.82, 2.24) is 0 Å². The van der Waals surface area contributed by atoms with Crippen LogP contribution in [0.5, 0.6) is 0 Å². The van der Waals surface area contributed by atoms with Crippen molar-refractivity contribution in [2.45, 2.75) is 0 Å². The molecule has 0 rings (SSSR count). The molecule has 56 valence electrons. The smallest absolute Gasteiger partial charge is 0.832 e. The third kappa shape index (κ3) is 3730. The van der Waals surface area contributed by atoms with Crippen molar-refractivity contribution in [3.63, 3.8) is 0 Å². The van der Waals surface area contributed by atoms with Crippen LogP contribution in [0.25, 0.3) is 0 Å².